The summed E-state index contributed by atoms with van der Waals surface area (Å²) < 4.78 is 11.3. The van der Waals surface area contributed by atoms with Crippen LogP contribution in [0.2, 0.25) is 0 Å². The predicted molar refractivity (Wildman–Crippen MR) is 82.9 cm³/mol. The first-order valence-corrected chi connectivity index (χ1v) is 8.01. The Morgan fingerprint density at radius 3 is 2.70 bits per heavy atom. The van der Waals surface area contributed by atoms with Crippen LogP contribution in [-0.4, -0.2) is 59.6 Å². The number of rotatable bonds is 4. The Labute approximate surface area is 134 Å². The number of anilines is 1. The molecule has 8 nitrogen and oxygen atoms in total. The van der Waals surface area contributed by atoms with Gasteiger partial charge in [-0.2, -0.15) is 0 Å². The van der Waals surface area contributed by atoms with Gasteiger partial charge in [-0.3, -0.25) is 0 Å². The molecule has 1 saturated heterocycles. The molecule has 0 spiro atoms. The van der Waals surface area contributed by atoms with Crippen molar-refractivity contribution >= 4 is 11.9 Å². The smallest absolute Gasteiger partial charge is 0.404 e. The van der Waals surface area contributed by atoms with Gasteiger partial charge in [0.05, 0.1) is 13.2 Å². The Kier molecular flexibility index (Phi) is 5.12. The van der Waals surface area contributed by atoms with Crippen LogP contribution in [0.25, 0.3) is 0 Å². The summed E-state index contributed by atoms with van der Waals surface area (Å²) in [6.07, 6.45) is 3.87. The highest BCUT2D eigenvalue weighted by Gasteiger charge is 2.24. The Morgan fingerprint density at radius 1 is 1.26 bits per heavy atom. The molecule has 1 aromatic heterocycles. The fourth-order valence-electron chi connectivity index (χ4n) is 3.03. The van der Waals surface area contributed by atoms with Crippen LogP contribution in [0.1, 0.15) is 25.7 Å². The molecule has 3 rings (SSSR count). The molecule has 1 saturated carbocycles. The quantitative estimate of drug-likeness (QED) is 0.861. The summed E-state index contributed by atoms with van der Waals surface area (Å²) in [6.45, 7) is 3.06. The van der Waals surface area contributed by atoms with Crippen LogP contribution in [0.4, 0.5) is 10.6 Å². The van der Waals surface area contributed by atoms with E-state index in [0.717, 1.165) is 44.6 Å². The van der Waals surface area contributed by atoms with E-state index in [2.05, 4.69) is 20.2 Å². The first-order valence-electron chi connectivity index (χ1n) is 8.01. The highest BCUT2D eigenvalue weighted by Crippen LogP contribution is 2.24. The van der Waals surface area contributed by atoms with E-state index in [4.69, 9.17) is 14.6 Å². The highest BCUT2D eigenvalue weighted by molar-refractivity contribution is 5.64. The van der Waals surface area contributed by atoms with Crippen LogP contribution in [0.3, 0.4) is 0 Å². The topological polar surface area (TPSA) is 96.8 Å². The molecule has 1 aromatic rings. The lowest BCUT2D eigenvalue weighted by molar-refractivity contribution is 0.121. The number of amides is 1. The summed E-state index contributed by atoms with van der Waals surface area (Å²) in [6, 6.07) is 1.90. The predicted octanol–water partition coefficient (Wildman–Crippen LogP) is 1.27. The van der Waals surface area contributed by atoms with Gasteiger partial charge in [0.1, 0.15) is 18.2 Å². The average molecular weight is 322 g/mol. The van der Waals surface area contributed by atoms with Gasteiger partial charge in [-0.05, 0) is 25.7 Å². The maximum absolute atomic E-state index is 10.7. The molecule has 0 unspecified atom stereocenters. The zero-order chi connectivity index (χ0) is 16.1. The molecule has 8 heteroatoms. The van der Waals surface area contributed by atoms with Crippen molar-refractivity contribution in [2.75, 3.05) is 31.2 Å². The van der Waals surface area contributed by atoms with Crippen molar-refractivity contribution in [1.82, 2.24) is 15.3 Å². The summed E-state index contributed by atoms with van der Waals surface area (Å²) in [5.41, 5.74) is 0. The number of nitrogens with zero attached hydrogens (tertiary/aromatic N) is 3. The first kappa shape index (κ1) is 15.8. The molecule has 23 heavy (non-hydrogen) atoms. The zero-order valence-electron chi connectivity index (χ0n) is 13.0. The van der Waals surface area contributed by atoms with E-state index in [1.807, 2.05) is 6.07 Å². The van der Waals surface area contributed by atoms with Gasteiger partial charge >= 0.3 is 6.09 Å². The molecule has 0 atom stereocenters. The second-order valence-corrected chi connectivity index (χ2v) is 5.85. The molecule has 0 bridgehead atoms. The third-order valence-electron chi connectivity index (χ3n) is 4.25. The minimum atomic E-state index is -0.958. The molecule has 2 heterocycles. The molecule has 126 valence electrons. The molecular formula is C15H22N4O4. The van der Waals surface area contributed by atoms with Crippen molar-refractivity contribution in [2.45, 2.75) is 37.8 Å². The van der Waals surface area contributed by atoms with Crippen molar-refractivity contribution in [2.24, 2.45) is 0 Å². The Hall–Kier alpha value is -2.09. The van der Waals surface area contributed by atoms with Crippen LogP contribution in [0, 0.1) is 0 Å². The van der Waals surface area contributed by atoms with Crippen LogP contribution < -0.4 is 15.0 Å². The average Bonchev–Trinajstić information content (AvgIpc) is 2.57. The van der Waals surface area contributed by atoms with Crippen molar-refractivity contribution in [3.63, 3.8) is 0 Å². The summed E-state index contributed by atoms with van der Waals surface area (Å²) in [5, 5.41) is 11.3. The van der Waals surface area contributed by atoms with Crippen molar-refractivity contribution in [1.29, 1.82) is 0 Å². The summed E-state index contributed by atoms with van der Waals surface area (Å²) in [5.74, 6) is 1.44. The third kappa shape index (κ3) is 4.44. The zero-order valence-corrected chi connectivity index (χ0v) is 13.0. The van der Waals surface area contributed by atoms with Crippen LogP contribution in [0.5, 0.6) is 5.88 Å². The fourth-order valence-corrected chi connectivity index (χ4v) is 3.03. The minimum absolute atomic E-state index is 0.0293. The van der Waals surface area contributed by atoms with Gasteiger partial charge in [0.15, 0.2) is 0 Å². The second-order valence-electron chi connectivity index (χ2n) is 5.85. The van der Waals surface area contributed by atoms with E-state index in [1.165, 1.54) is 6.33 Å². The number of ether oxygens (including phenoxy) is 2. The number of nitrogens with one attached hydrogen (secondary N) is 1. The van der Waals surface area contributed by atoms with E-state index in [0.29, 0.717) is 19.1 Å². The van der Waals surface area contributed by atoms with Gasteiger partial charge in [0.25, 0.3) is 0 Å². The Morgan fingerprint density at radius 2 is 2.00 bits per heavy atom. The highest BCUT2D eigenvalue weighted by atomic mass is 16.5. The molecule has 0 aromatic carbocycles. The maximum atomic E-state index is 10.7. The largest absolute Gasteiger partial charge is 0.474 e. The van der Waals surface area contributed by atoms with Gasteiger partial charge in [-0.15, -0.1) is 0 Å². The maximum Gasteiger partial charge on any atom is 0.404 e. The third-order valence-corrected chi connectivity index (χ3v) is 4.25. The van der Waals surface area contributed by atoms with E-state index >= 15 is 0 Å². The molecule has 1 aliphatic heterocycles. The van der Waals surface area contributed by atoms with Gasteiger partial charge in [-0.25, -0.2) is 14.8 Å². The van der Waals surface area contributed by atoms with Gasteiger partial charge in [-0.1, -0.05) is 0 Å². The standard InChI is InChI=1S/C15H22N4O4/c20-15(21)18-11-1-3-12(4-2-11)23-14-9-13(16-10-17-14)19-5-7-22-8-6-19/h9-12,18H,1-8H2,(H,20,21)/t11-,12-. The molecule has 2 N–H and O–H groups in total. The first-order chi connectivity index (χ1) is 11.2. The van der Waals surface area contributed by atoms with E-state index in [1.54, 1.807) is 0 Å². The SMILES string of the molecule is O=C(O)N[C@H]1CC[C@H](Oc2cc(N3CCOCC3)ncn2)CC1. The molecule has 0 radical (unpaired) electrons. The van der Waals surface area contributed by atoms with Gasteiger partial charge in [0, 0.05) is 25.2 Å². The molecular weight excluding hydrogens is 300 g/mol. The lowest BCUT2D eigenvalue weighted by Crippen LogP contribution is -2.39. The number of aromatic nitrogens is 2. The van der Waals surface area contributed by atoms with E-state index in [9.17, 15) is 4.79 Å². The number of hydrogen-bond donors (Lipinski definition) is 2. The van der Waals surface area contributed by atoms with Crippen LogP contribution in [-0.2, 0) is 4.74 Å². The number of carbonyl (C=O) groups is 1. The van der Waals surface area contributed by atoms with Gasteiger partial charge in [0.2, 0.25) is 5.88 Å². The van der Waals surface area contributed by atoms with Gasteiger partial charge < -0.3 is 24.8 Å². The molecule has 2 aliphatic rings. The monoisotopic (exact) mass is 322 g/mol. The number of morpholine rings is 1. The lowest BCUT2D eigenvalue weighted by Gasteiger charge is -2.29. The van der Waals surface area contributed by atoms with Crippen LogP contribution >= 0.6 is 0 Å². The normalized spacial score (nSPS) is 25.0. The lowest BCUT2D eigenvalue weighted by atomic mass is 9.93. The Balaban J connectivity index is 1.53. The minimum Gasteiger partial charge on any atom is -0.474 e. The van der Waals surface area contributed by atoms with Crippen molar-refractivity contribution < 1.29 is 19.4 Å². The molecule has 2 fully saturated rings. The molecule has 1 amide bonds. The van der Waals surface area contributed by atoms with Crippen molar-refractivity contribution in [3.8, 4) is 5.88 Å². The number of hydrogen-bond acceptors (Lipinski definition) is 6. The summed E-state index contributed by atoms with van der Waals surface area (Å²) >= 11 is 0. The Bertz CT molecular complexity index is 528. The van der Waals surface area contributed by atoms with Crippen LogP contribution in [0.15, 0.2) is 12.4 Å². The van der Waals surface area contributed by atoms with E-state index < -0.39 is 6.09 Å². The fraction of sp³-hybridized carbons (Fsp3) is 0.667. The van der Waals surface area contributed by atoms with E-state index in [-0.39, 0.29) is 12.1 Å². The summed E-state index contributed by atoms with van der Waals surface area (Å²) in [4.78, 5) is 21.3. The summed E-state index contributed by atoms with van der Waals surface area (Å²) in [7, 11) is 0. The number of carboxylic acid groups (broad SMARTS) is 1. The van der Waals surface area contributed by atoms with Crippen molar-refractivity contribution in [3.05, 3.63) is 12.4 Å². The molecule has 1 aliphatic carbocycles. The second kappa shape index (κ2) is 7.45.